The van der Waals surface area contributed by atoms with E-state index in [1.165, 1.54) is 48.7 Å². The van der Waals surface area contributed by atoms with Crippen molar-refractivity contribution in [1.29, 1.82) is 0 Å². The van der Waals surface area contributed by atoms with E-state index < -0.39 is 35.7 Å². The van der Waals surface area contributed by atoms with Crippen molar-refractivity contribution in [3.05, 3.63) is 72.0 Å². The number of pyridine rings is 1. The fourth-order valence-electron chi connectivity index (χ4n) is 2.78. The third-order valence-electron chi connectivity index (χ3n) is 4.18. The number of aromatic nitrogens is 5. The van der Waals surface area contributed by atoms with E-state index in [-0.39, 0.29) is 17.3 Å². The molecule has 1 amide bonds. The minimum absolute atomic E-state index is 0.103. The molecule has 4 rings (SSSR count). The molecule has 32 heavy (non-hydrogen) atoms. The molecule has 1 aromatic carbocycles. The Kier molecular flexibility index (Phi) is 5.38. The van der Waals surface area contributed by atoms with E-state index in [0.717, 1.165) is 6.20 Å². The van der Waals surface area contributed by atoms with E-state index in [2.05, 4.69) is 30.1 Å². The number of anilines is 1. The van der Waals surface area contributed by atoms with Gasteiger partial charge in [-0.25, -0.2) is 9.67 Å². The zero-order valence-corrected chi connectivity index (χ0v) is 15.7. The summed E-state index contributed by atoms with van der Waals surface area (Å²) in [5.41, 5.74) is -1.53. The Hall–Kier alpha value is -4.16. The highest BCUT2D eigenvalue weighted by Gasteiger charge is 2.40. The Bertz CT molecular complexity index is 1240. The third-order valence-corrected chi connectivity index (χ3v) is 4.18. The molecular formula is C19H11F5N6O2. The first-order chi connectivity index (χ1) is 15.2. The summed E-state index contributed by atoms with van der Waals surface area (Å²) in [5, 5.41) is 9.43. The molecule has 0 aliphatic rings. The van der Waals surface area contributed by atoms with Gasteiger partial charge in [-0.15, -0.1) is 0 Å². The smallest absolute Gasteiger partial charge is 0.333 e. The van der Waals surface area contributed by atoms with Crippen LogP contribution in [-0.4, -0.2) is 30.8 Å². The van der Waals surface area contributed by atoms with E-state index in [1.807, 2.05) is 0 Å². The minimum Gasteiger partial charge on any atom is -0.333 e. The standard InChI is InChI=1S/C19H11F5N6O2/c20-15(21)18-28-16(29-32-18)10-4-6-11(7-5-10)27-17(31)12-9-26-30(14(12)19(22,23)24)13-3-1-2-8-25-13/h1-9,15H,(H,27,31). The van der Waals surface area contributed by atoms with Crippen LogP contribution in [0.5, 0.6) is 0 Å². The van der Waals surface area contributed by atoms with Gasteiger partial charge in [0, 0.05) is 17.4 Å². The maximum atomic E-state index is 13.7. The zero-order valence-electron chi connectivity index (χ0n) is 15.7. The second kappa shape index (κ2) is 8.17. The number of amides is 1. The SMILES string of the molecule is O=C(Nc1ccc(-c2noc(C(F)F)n2)cc1)c1cnn(-c2ccccn2)c1C(F)(F)F. The summed E-state index contributed by atoms with van der Waals surface area (Å²) in [6, 6.07) is 9.81. The summed E-state index contributed by atoms with van der Waals surface area (Å²) in [4.78, 5) is 19.9. The van der Waals surface area contributed by atoms with Crippen LogP contribution in [0.1, 0.15) is 28.4 Å². The summed E-state index contributed by atoms with van der Waals surface area (Å²) in [6.07, 6.45) is -5.71. The van der Waals surface area contributed by atoms with Crippen LogP contribution in [0.2, 0.25) is 0 Å². The molecule has 0 atom stereocenters. The van der Waals surface area contributed by atoms with Gasteiger partial charge in [-0.05, 0) is 36.4 Å². The molecule has 0 saturated heterocycles. The summed E-state index contributed by atoms with van der Waals surface area (Å²) < 4.78 is 71.1. The minimum atomic E-state index is -4.88. The Morgan fingerprint density at radius 2 is 1.84 bits per heavy atom. The number of nitrogens with zero attached hydrogens (tertiary/aromatic N) is 5. The summed E-state index contributed by atoms with van der Waals surface area (Å²) >= 11 is 0. The number of alkyl halides is 5. The number of halogens is 5. The highest BCUT2D eigenvalue weighted by Crippen LogP contribution is 2.33. The van der Waals surface area contributed by atoms with Gasteiger partial charge >= 0.3 is 12.6 Å². The molecule has 0 bridgehead atoms. The molecule has 8 nitrogen and oxygen atoms in total. The Labute approximate surface area is 175 Å². The van der Waals surface area contributed by atoms with Gasteiger partial charge in [0.15, 0.2) is 11.5 Å². The largest absolute Gasteiger partial charge is 0.434 e. The lowest BCUT2D eigenvalue weighted by Crippen LogP contribution is -2.21. The van der Waals surface area contributed by atoms with Crippen molar-refractivity contribution in [3.63, 3.8) is 0 Å². The first-order valence-corrected chi connectivity index (χ1v) is 8.84. The summed E-state index contributed by atoms with van der Waals surface area (Å²) in [7, 11) is 0. The average molecular weight is 450 g/mol. The summed E-state index contributed by atoms with van der Waals surface area (Å²) in [5.74, 6) is -2.10. The number of hydrogen-bond donors (Lipinski definition) is 1. The number of nitrogens with one attached hydrogen (secondary N) is 1. The van der Waals surface area contributed by atoms with Gasteiger partial charge in [0.2, 0.25) is 5.82 Å². The van der Waals surface area contributed by atoms with Crippen molar-refractivity contribution < 1.29 is 31.3 Å². The second-order valence-electron chi connectivity index (χ2n) is 6.29. The van der Waals surface area contributed by atoms with Crippen molar-refractivity contribution in [1.82, 2.24) is 24.9 Å². The maximum Gasteiger partial charge on any atom is 0.434 e. The molecule has 3 heterocycles. The lowest BCUT2D eigenvalue weighted by Gasteiger charge is -2.12. The molecule has 0 aliphatic carbocycles. The van der Waals surface area contributed by atoms with Crippen molar-refractivity contribution in [2.24, 2.45) is 0 Å². The molecule has 1 N–H and O–H groups in total. The lowest BCUT2D eigenvalue weighted by molar-refractivity contribution is -0.143. The van der Waals surface area contributed by atoms with Crippen molar-refractivity contribution in [2.45, 2.75) is 12.6 Å². The molecule has 4 aromatic rings. The number of rotatable bonds is 5. The van der Waals surface area contributed by atoms with Crippen molar-refractivity contribution in [3.8, 4) is 17.2 Å². The topological polar surface area (TPSA) is 98.7 Å². The van der Waals surface area contributed by atoms with Crippen molar-refractivity contribution in [2.75, 3.05) is 5.32 Å². The lowest BCUT2D eigenvalue weighted by atomic mass is 10.1. The second-order valence-corrected chi connectivity index (χ2v) is 6.29. The van der Waals surface area contributed by atoms with E-state index in [0.29, 0.717) is 10.2 Å². The monoisotopic (exact) mass is 450 g/mol. The maximum absolute atomic E-state index is 13.7. The molecule has 0 spiro atoms. The molecule has 0 saturated carbocycles. The van der Waals surface area contributed by atoms with Crippen LogP contribution < -0.4 is 5.32 Å². The predicted octanol–water partition coefficient (Wildman–Crippen LogP) is 4.53. The normalized spacial score (nSPS) is 11.7. The zero-order chi connectivity index (χ0) is 22.9. The molecule has 164 valence electrons. The molecule has 0 aliphatic heterocycles. The number of carbonyl (C=O) groups excluding carboxylic acids is 1. The van der Waals surface area contributed by atoms with Gasteiger partial charge in [-0.1, -0.05) is 11.2 Å². The molecule has 0 unspecified atom stereocenters. The Balaban J connectivity index is 1.58. The number of benzene rings is 1. The van der Waals surface area contributed by atoms with E-state index in [4.69, 9.17) is 0 Å². The van der Waals surface area contributed by atoms with Gasteiger partial charge < -0.3 is 9.84 Å². The number of carbonyl (C=O) groups is 1. The molecular weight excluding hydrogens is 439 g/mol. The van der Waals surface area contributed by atoms with Gasteiger partial charge in [0.25, 0.3) is 11.8 Å². The fraction of sp³-hybridized carbons (Fsp3) is 0.105. The van der Waals surface area contributed by atoms with Crippen LogP contribution in [0, 0.1) is 0 Å². The Morgan fingerprint density at radius 1 is 1.09 bits per heavy atom. The van der Waals surface area contributed by atoms with Crippen LogP contribution >= 0.6 is 0 Å². The van der Waals surface area contributed by atoms with Crippen LogP contribution in [-0.2, 0) is 6.18 Å². The summed E-state index contributed by atoms with van der Waals surface area (Å²) in [6.45, 7) is 0. The Morgan fingerprint density at radius 3 is 2.44 bits per heavy atom. The van der Waals surface area contributed by atoms with Gasteiger partial charge in [0.05, 0.1) is 11.8 Å². The number of hydrogen-bond acceptors (Lipinski definition) is 6. The highest BCUT2D eigenvalue weighted by atomic mass is 19.4. The van der Waals surface area contributed by atoms with Gasteiger partial charge in [-0.2, -0.15) is 32.0 Å². The van der Waals surface area contributed by atoms with Crippen molar-refractivity contribution >= 4 is 11.6 Å². The van der Waals surface area contributed by atoms with Crippen LogP contribution in [0.4, 0.5) is 27.6 Å². The van der Waals surface area contributed by atoms with Gasteiger partial charge in [0.1, 0.15) is 0 Å². The van der Waals surface area contributed by atoms with Crippen LogP contribution in [0.25, 0.3) is 17.2 Å². The average Bonchev–Trinajstić information content (AvgIpc) is 3.43. The predicted molar refractivity (Wildman–Crippen MR) is 99.0 cm³/mol. The fourth-order valence-corrected chi connectivity index (χ4v) is 2.78. The van der Waals surface area contributed by atoms with Crippen LogP contribution in [0.15, 0.2) is 59.4 Å². The quantitative estimate of drug-likeness (QED) is 0.449. The van der Waals surface area contributed by atoms with E-state index >= 15 is 0 Å². The van der Waals surface area contributed by atoms with Gasteiger partial charge in [-0.3, -0.25) is 4.79 Å². The molecule has 0 fully saturated rings. The van der Waals surface area contributed by atoms with Crippen LogP contribution in [0.3, 0.4) is 0 Å². The van der Waals surface area contributed by atoms with E-state index in [9.17, 15) is 26.7 Å². The van der Waals surface area contributed by atoms with E-state index in [1.54, 1.807) is 0 Å². The molecule has 0 radical (unpaired) electrons. The first kappa shape index (κ1) is 21.1. The third kappa shape index (κ3) is 4.17. The highest BCUT2D eigenvalue weighted by molar-refractivity contribution is 6.05. The molecule has 3 aromatic heterocycles. The first-order valence-electron chi connectivity index (χ1n) is 8.84. The molecule has 13 heteroatoms.